The Kier molecular flexibility index (Phi) is 4.70. The minimum atomic E-state index is -3.63. The van der Waals surface area contributed by atoms with Gasteiger partial charge in [0.05, 0.1) is 18.0 Å². The Bertz CT molecular complexity index is 517. The molecule has 4 nitrogen and oxygen atoms in total. The highest BCUT2D eigenvalue weighted by Crippen LogP contribution is 2.19. The van der Waals surface area contributed by atoms with Gasteiger partial charge >= 0.3 is 0 Å². The second-order valence-corrected chi connectivity index (χ2v) is 5.31. The van der Waals surface area contributed by atoms with E-state index in [1.165, 1.54) is 10.4 Å². The highest BCUT2D eigenvalue weighted by atomic mass is 32.2. The van der Waals surface area contributed by atoms with Gasteiger partial charge in [-0.1, -0.05) is 31.0 Å². The van der Waals surface area contributed by atoms with Gasteiger partial charge < -0.3 is 5.11 Å². The molecule has 5 heteroatoms. The molecule has 0 aliphatic heterocycles. The average molecular weight is 253 g/mol. The SMILES string of the molecule is C#CCN(CC)S(=O)(=O)c1ccccc1CO. The van der Waals surface area contributed by atoms with E-state index < -0.39 is 10.0 Å². The van der Waals surface area contributed by atoms with Crippen molar-refractivity contribution in [1.29, 1.82) is 0 Å². The third kappa shape index (κ3) is 2.86. The predicted molar refractivity (Wildman–Crippen MR) is 65.6 cm³/mol. The number of sulfonamides is 1. The first kappa shape index (κ1) is 13.7. The summed E-state index contributed by atoms with van der Waals surface area (Å²) in [4.78, 5) is 0.111. The van der Waals surface area contributed by atoms with Gasteiger partial charge in [-0.25, -0.2) is 8.42 Å². The first-order valence-electron chi connectivity index (χ1n) is 5.20. The minimum Gasteiger partial charge on any atom is -0.392 e. The third-order valence-corrected chi connectivity index (χ3v) is 4.40. The topological polar surface area (TPSA) is 57.6 Å². The van der Waals surface area contributed by atoms with Gasteiger partial charge in [0.1, 0.15) is 0 Å². The zero-order chi connectivity index (χ0) is 12.9. The summed E-state index contributed by atoms with van der Waals surface area (Å²) < 4.78 is 25.7. The van der Waals surface area contributed by atoms with E-state index in [1.54, 1.807) is 25.1 Å². The van der Waals surface area contributed by atoms with E-state index in [0.29, 0.717) is 12.1 Å². The molecule has 0 spiro atoms. The van der Waals surface area contributed by atoms with E-state index in [0.717, 1.165) is 0 Å². The Morgan fingerprint density at radius 1 is 1.41 bits per heavy atom. The lowest BCUT2D eigenvalue weighted by molar-refractivity contribution is 0.278. The molecule has 0 aliphatic rings. The van der Waals surface area contributed by atoms with Crippen LogP contribution in [0.5, 0.6) is 0 Å². The molecule has 0 unspecified atom stereocenters. The normalized spacial score (nSPS) is 11.4. The Morgan fingerprint density at radius 3 is 2.59 bits per heavy atom. The largest absolute Gasteiger partial charge is 0.392 e. The summed E-state index contributed by atoms with van der Waals surface area (Å²) in [6, 6.07) is 6.36. The van der Waals surface area contributed by atoms with Gasteiger partial charge in [-0.2, -0.15) is 4.31 Å². The van der Waals surface area contributed by atoms with Crippen LogP contribution in [0.4, 0.5) is 0 Å². The van der Waals surface area contributed by atoms with E-state index in [-0.39, 0.29) is 18.0 Å². The van der Waals surface area contributed by atoms with Crippen LogP contribution in [0, 0.1) is 12.3 Å². The van der Waals surface area contributed by atoms with Gasteiger partial charge in [-0.15, -0.1) is 6.42 Å². The van der Waals surface area contributed by atoms with E-state index in [2.05, 4.69) is 5.92 Å². The molecule has 0 aromatic heterocycles. The van der Waals surface area contributed by atoms with Crippen molar-refractivity contribution in [3.05, 3.63) is 29.8 Å². The van der Waals surface area contributed by atoms with Crippen LogP contribution < -0.4 is 0 Å². The zero-order valence-electron chi connectivity index (χ0n) is 9.63. The van der Waals surface area contributed by atoms with Gasteiger partial charge in [0.2, 0.25) is 10.0 Å². The predicted octanol–water partition coefficient (Wildman–Crippen LogP) is 0.823. The molecular weight excluding hydrogens is 238 g/mol. The maximum Gasteiger partial charge on any atom is 0.244 e. The molecule has 0 bridgehead atoms. The fourth-order valence-corrected chi connectivity index (χ4v) is 3.07. The standard InChI is InChI=1S/C12H15NO3S/c1-3-9-13(4-2)17(15,16)12-8-6-5-7-11(12)10-14/h1,5-8,14H,4,9-10H2,2H3. The summed E-state index contributed by atoms with van der Waals surface area (Å²) in [5, 5.41) is 9.14. The molecule has 0 amide bonds. The van der Waals surface area contributed by atoms with Gasteiger partial charge in [-0.05, 0) is 11.6 Å². The Labute approximate surface area is 102 Å². The summed E-state index contributed by atoms with van der Waals surface area (Å²) in [7, 11) is -3.63. The maximum absolute atomic E-state index is 12.3. The maximum atomic E-state index is 12.3. The van der Waals surface area contributed by atoms with Crippen LogP contribution >= 0.6 is 0 Å². The fourth-order valence-electron chi connectivity index (χ4n) is 1.49. The summed E-state index contributed by atoms with van der Waals surface area (Å²) >= 11 is 0. The molecule has 1 aromatic carbocycles. The lowest BCUT2D eigenvalue weighted by Crippen LogP contribution is -2.31. The Morgan fingerprint density at radius 2 is 2.06 bits per heavy atom. The molecule has 1 N–H and O–H groups in total. The van der Waals surface area contributed by atoms with Crippen LogP contribution in [0.15, 0.2) is 29.2 Å². The molecular formula is C12H15NO3S. The third-order valence-electron chi connectivity index (χ3n) is 2.38. The van der Waals surface area contributed by atoms with Crippen molar-refractivity contribution in [2.24, 2.45) is 0 Å². The molecule has 0 heterocycles. The van der Waals surface area contributed by atoms with Crippen LogP contribution in [0.3, 0.4) is 0 Å². The summed E-state index contributed by atoms with van der Waals surface area (Å²) in [5.41, 5.74) is 0.378. The minimum absolute atomic E-state index is 0.0264. The van der Waals surface area contributed by atoms with Crippen LogP contribution in [0.2, 0.25) is 0 Å². The van der Waals surface area contributed by atoms with Crippen molar-refractivity contribution in [3.8, 4) is 12.3 Å². The summed E-state index contributed by atoms with van der Waals surface area (Å²) in [6.07, 6.45) is 5.14. The number of nitrogens with zero attached hydrogens (tertiary/aromatic N) is 1. The second-order valence-electron chi connectivity index (χ2n) is 3.40. The van der Waals surface area contributed by atoms with Crippen molar-refractivity contribution >= 4 is 10.0 Å². The van der Waals surface area contributed by atoms with Crippen LogP contribution in [0.25, 0.3) is 0 Å². The van der Waals surface area contributed by atoms with Crippen LogP contribution in [-0.2, 0) is 16.6 Å². The van der Waals surface area contributed by atoms with Crippen molar-refractivity contribution in [1.82, 2.24) is 4.31 Å². The molecule has 92 valence electrons. The van der Waals surface area contributed by atoms with Crippen molar-refractivity contribution in [2.75, 3.05) is 13.1 Å². The van der Waals surface area contributed by atoms with E-state index in [9.17, 15) is 8.42 Å². The summed E-state index contributed by atoms with van der Waals surface area (Å²) in [6.45, 7) is 1.73. The molecule has 0 aliphatic carbocycles. The Balaban J connectivity index is 3.26. The molecule has 0 atom stereocenters. The summed E-state index contributed by atoms with van der Waals surface area (Å²) in [5.74, 6) is 2.32. The number of aliphatic hydroxyl groups excluding tert-OH is 1. The molecule has 17 heavy (non-hydrogen) atoms. The number of hydrogen-bond donors (Lipinski definition) is 1. The lowest BCUT2D eigenvalue weighted by Gasteiger charge is -2.19. The lowest BCUT2D eigenvalue weighted by atomic mass is 10.2. The van der Waals surface area contributed by atoms with E-state index in [4.69, 9.17) is 11.5 Å². The van der Waals surface area contributed by atoms with Crippen molar-refractivity contribution in [2.45, 2.75) is 18.4 Å². The van der Waals surface area contributed by atoms with Crippen molar-refractivity contribution < 1.29 is 13.5 Å². The monoisotopic (exact) mass is 253 g/mol. The van der Waals surface area contributed by atoms with Gasteiger partial charge in [-0.3, -0.25) is 0 Å². The van der Waals surface area contributed by atoms with E-state index in [1.807, 2.05) is 0 Å². The first-order chi connectivity index (χ1) is 8.07. The number of benzene rings is 1. The van der Waals surface area contributed by atoms with E-state index >= 15 is 0 Å². The first-order valence-corrected chi connectivity index (χ1v) is 6.64. The van der Waals surface area contributed by atoms with Gasteiger partial charge in [0.25, 0.3) is 0 Å². The number of hydrogen-bond acceptors (Lipinski definition) is 3. The molecule has 1 rings (SSSR count). The smallest absolute Gasteiger partial charge is 0.244 e. The zero-order valence-corrected chi connectivity index (χ0v) is 10.4. The fraction of sp³-hybridized carbons (Fsp3) is 0.333. The van der Waals surface area contributed by atoms with Crippen molar-refractivity contribution in [3.63, 3.8) is 0 Å². The second kappa shape index (κ2) is 5.82. The highest BCUT2D eigenvalue weighted by molar-refractivity contribution is 7.89. The Hall–Kier alpha value is -1.35. The van der Waals surface area contributed by atoms with Gasteiger partial charge in [0.15, 0.2) is 0 Å². The van der Waals surface area contributed by atoms with Crippen LogP contribution in [0.1, 0.15) is 12.5 Å². The number of terminal acetylenes is 1. The highest BCUT2D eigenvalue weighted by Gasteiger charge is 2.24. The quantitative estimate of drug-likeness (QED) is 0.790. The molecule has 1 aromatic rings. The molecule has 0 radical (unpaired) electrons. The molecule has 0 fully saturated rings. The number of aliphatic hydroxyl groups is 1. The van der Waals surface area contributed by atoms with Crippen LogP contribution in [-0.4, -0.2) is 30.9 Å². The average Bonchev–Trinajstić information content (AvgIpc) is 2.35. The molecule has 0 saturated carbocycles. The number of rotatable bonds is 5. The van der Waals surface area contributed by atoms with Gasteiger partial charge in [0, 0.05) is 6.54 Å². The molecule has 0 saturated heterocycles.